The van der Waals surface area contributed by atoms with Crippen LogP contribution < -0.4 is 0 Å². The quantitative estimate of drug-likeness (QED) is 0.839. The molecule has 2 aromatic rings. The molecule has 18 heavy (non-hydrogen) atoms. The molecule has 0 aliphatic rings. The number of carbonyl (C=O) groups excluding carboxylic acids is 1. The number of hydrogen-bond donors (Lipinski definition) is 1. The molecule has 1 N–H and O–H groups in total. The maximum Gasteiger partial charge on any atom is 0.335 e. The Morgan fingerprint density at radius 1 is 0.944 bits per heavy atom. The van der Waals surface area contributed by atoms with Gasteiger partial charge >= 0.3 is 5.97 Å². The van der Waals surface area contributed by atoms with Crippen LogP contribution in [-0.2, 0) is 0 Å². The summed E-state index contributed by atoms with van der Waals surface area (Å²) in [6, 6.07) is 13.5. The van der Waals surface area contributed by atoms with Crippen molar-refractivity contribution in [2.24, 2.45) is 0 Å². The fraction of sp³-hybridized carbons (Fsp3) is 0.0667. The SMILES string of the molecule is Cc1cc(C(=O)O)ccc1C(=O)c1ccccc1. The van der Waals surface area contributed by atoms with Crippen LogP contribution >= 0.6 is 0 Å². The molecule has 3 nitrogen and oxygen atoms in total. The van der Waals surface area contributed by atoms with Gasteiger partial charge in [0.05, 0.1) is 5.56 Å². The largest absolute Gasteiger partial charge is 0.478 e. The van der Waals surface area contributed by atoms with Gasteiger partial charge in [-0.25, -0.2) is 4.79 Å². The number of carboxylic acids is 1. The summed E-state index contributed by atoms with van der Waals surface area (Å²) in [5.74, 6) is -1.08. The van der Waals surface area contributed by atoms with E-state index in [1.807, 2.05) is 6.07 Å². The number of aromatic carboxylic acids is 1. The van der Waals surface area contributed by atoms with E-state index in [4.69, 9.17) is 5.11 Å². The molecule has 2 rings (SSSR count). The van der Waals surface area contributed by atoms with Crippen molar-refractivity contribution in [3.05, 3.63) is 70.8 Å². The second kappa shape index (κ2) is 4.84. The van der Waals surface area contributed by atoms with Crippen LogP contribution in [0, 0.1) is 6.92 Å². The Kier molecular flexibility index (Phi) is 3.24. The fourth-order valence-electron chi connectivity index (χ4n) is 1.80. The number of ketones is 1. The van der Waals surface area contributed by atoms with Crippen LogP contribution in [0.25, 0.3) is 0 Å². The number of hydrogen-bond acceptors (Lipinski definition) is 2. The van der Waals surface area contributed by atoms with Crippen LogP contribution in [0.15, 0.2) is 48.5 Å². The highest BCUT2D eigenvalue weighted by molar-refractivity contribution is 6.10. The zero-order valence-electron chi connectivity index (χ0n) is 9.88. The lowest BCUT2D eigenvalue weighted by molar-refractivity contribution is 0.0696. The minimum Gasteiger partial charge on any atom is -0.478 e. The number of rotatable bonds is 3. The Hall–Kier alpha value is -2.42. The Morgan fingerprint density at radius 3 is 2.17 bits per heavy atom. The summed E-state index contributed by atoms with van der Waals surface area (Å²) in [6.45, 7) is 1.74. The summed E-state index contributed by atoms with van der Waals surface area (Å²) in [4.78, 5) is 23.0. The topological polar surface area (TPSA) is 54.4 Å². The predicted octanol–water partition coefficient (Wildman–Crippen LogP) is 2.92. The molecule has 0 saturated heterocycles. The maximum atomic E-state index is 12.2. The van der Waals surface area contributed by atoms with Gasteiger partial charge in [0.25, 0.3) is 0 Å². The standard InChI is InChI=1S/C15H12O3/c1-10-9-12(15(17)18)7-8-13(10)14(16)11-5-3-2-4-6-11/h2-9H,1H3,(H,17,18). The lowest BCUT2D eigenvalue weighted by atomic mass is 9.97. The van der Waals surface area contributed by atoms with E-state index in [1.165, 1.54) is 12.1 Å². The first-order chi connectivity index (χ1) is 8.59. The monoisotopic (exact) mass is 240 g/mol. The van der Waals surface area contributed by atoms with Gasteiger partial charge in [-0.3, -0.25) is 4.79 Å². The molecule has 0 fully saturated rings. The fourth-order valence-corrected chi connectivity index (χ4v) is 1.80. The number of aryl methyl sites for hydroxylation is 1. The molecule has 0 spiro atoms. The van der Waals surface area contributed by atoms with Gasteiger partial charge in [-0.1, -0.05) is 30.3 Å². The van der Waals surface area contributed by atoms with Crippen LogP contribution in [0.2, 0.25) is 0 Å². The van der Waals surface area contributed by atoms with E-state index < -0.39 is 5.97 Å². The molecule has 0 radical (unpaired) electrons. The lowest BCUT2D eigenvalue weighted by Crippen LogP contribution is -2.05. The molecule has 0 aromatic heterocycles. The van der Waals surface area contributed by atoms with Crippen molar-refractivity contribution in [2.45, 2.75) is 6.92 Å². The average Bonchev–Trinajstić information content (AvgIpc) is 2.38. The zero-order chi connectivity index (χ0) is 13.1. The highest BCUT2D eigenvalue weighted by Gasteiger charge is 2.13. The number of benzene rings is 2. The number of carboxylic acid groups (broad SMARTS) is 1. The molecule has 3 heteroatoms. The van der Waals surface area contributed by atoms with Gasteiger partial charge in [0.15, 0.2) is 5.78 Å². The third-order valence-electron chi connectivity index (χ3n) is 2.75. The summed E-state index contributed by atoms with van der Waals surface area (Å²) in [5, 5.41) is 8.87. The van der Waals surface area contributed by atoms with Crippen molar-refractivity contribution in [1.29, 1.82) is 0 Å². The Labute approximate surface area is 105 Å². The number of carbonyl (C=O) groups is 2. The van der Waals surface area contributed by atoms with E-state index in [0.29, 0.717) is 16.7 Å². The van der Waals surface area contributed by atoms with Crippen LogP contribution in [-0.4, -0.2) is 16.9 Å². The van der Waals surface area contributed by atoms with Crippen molar-refractivity contribution >= 4 is 11.8 Å². The zero-order valence-corrected chi connectivity index (χ0v) is 9.88. The van der Waals surface area contributed by atoms with Crippen molar-refractivity contribution in [3.63, 3.8) is 0 Å². The Bertz CT molecular complexity index is 600. The first kappa shape index (κ1) is 12.0. The van der Waals surface area contributed by atoms with Gasteiger partial charge in [-0.05, 0) is 30.7 Å². The normalized spacial score (nSPS) is 10.1. The van der Waals surface area contributed by atoms with Crippen molar-refractivity contribution in [1.82, 2.24) is 0 Å². The van der Waals surface area contributed by atoms with Gasteiger partial charge in [-0.2, -0.15) is 0 Å². The summed E-state index contributed by atoms with van der Waals surface area (Å²) in [6.07, 6.45) is 0. The van der Waals surface area contributed by atoms with Crippen LogP contribution in [0.5, 0.6) is 0 Å². The van der Waals surface area contributed by atoms with E-state index in [2.05, 4.69) is 0 Å². The van der Waals surface area contributed by atoms with Crippen molar-refractivity contribution in [2.75, 3.05) is 0 Å². The molecule has 0 aliphatic carbocycles. The smallest absolute Gasteiger partial charge is 0.335 e. The summed E-state index contributed by atoms with van der Waals surface area (Å²) in [5.41, 5.74) is 2.00. The third kappa shape index (κ3) is 2.30. The summed E-state index contributed by atoms with van der Waals surface area (Å²) in [7, 11) is 0. The van der Waals surface area contributed by atoms with E-state index >= 15 is 0 Å². The molecule has 2 aromatic carbocycles. The first-order valence-corrected chi connectivity index (χ1v) is 5.53. The van der Waals surface area contributed by atoms with Gasteiger partial charge in [0.2, 0.25) is 0 Å². The van der Waals surface area contributed by atoms with E-state index in [0.717, 1.165) is 0 Å². The van der Waals surface area contributed by atoms with Crippen molar-refractivity contribution in [3.8, 4) is 0 Å². The maximum absolute atomic E-state index is 12.2. The highest BCUT2D eigenvalue weighted by Crippen LogP contribution is 2.16. The summed E-state index contributed by atoms with van der Waals surface area (Å²) < 4.78 is 0. The van der Waals surface area contributed by atoms with Gasteiger partial charge < -0.3 is 5.11 Å². The van der Waals surface area contributed by atoms with Crippen LogP contribution in [0.1, 0.15) is 31.8 Å². The van der Waals surface area contributed by atoms with E-state index in [1.54, 1.807) is 37.3 Å². The van der Waals surface area contributed by atoms with Gasteiger partial charge in [-0.15, -0.1) is 0 Å². The molecule has 0 unspecified atom stereocenters. The third-order valence-corrected chi connectivity index (χ3v) is 2.75. The van der Waals surface area contributed by atoms with Crippen LogP contribution in [0.3, 0.4) is 0 Å². The van der Waals surface area contributed by atoms with Crippen LogP contribution in [0.4, 0.5) is 0 Å². The van der Waals surface area contributed by atoms with E-state index in [9.17, 15) is 9.59 Å². The molecule has 0 heterocycles. The minimum absolute atomic E-state index is 0.0926. The molecule has 0 saturated carbocycles. The highest BCUT2D eigenvalue weighted by atomic mass is 16.4. The van der Waals surface area contributed by atoms with Crippen molar-refractivity contribution < 1.29 is 14.7 Å². The second-order valence-corrected chi connectivity index (χ2v) is 4.03. The summed E-state index contributed by atoms with van der Waals surface area (Å²) >= 11 is 0. The van der Waals surface area contributed by atoms with E-state index in [-0.39, 0.29) is 11.3 Å². The predicted molar refractivity (Wildman–Crippen MR) is 68.0 cm³/mol. The molecule has 90 valence electrons. The molecule has 0 amide bonds. The minimum atomic E-state index is -0.989. The molecular formula is C15H12O3. The van der Waals surface area contributed by atoms with Gasteiger partial charge in [0, 0.05) is 11.1 Å². The first-order valence-electron chi connectivity index (χ1n) is 5.53. The Morgan fingerprint density at radius 2 is 1.61 bits per heavy atom. The molecule has 0 bridgehead atoms. The second-order valence-electron chi connectivity index (χ2n) is 4.03. The average molecular weight is 240 g/mol. The Balaban J connectivity index is 2.41. The molecule has 0 aliphatic heterocycles. The molecular weight excluding hydrogens is 228 g/mol. The van der Waals surface area contributed by atoms with Gasteiger partial charge in [0.1, 0.15) is 0 Å². The molecule has 0 atom stereocenters. The lowest BCUT2D eigenvalue weighted by Gasteiger charge is -2.06.